The fraction of sp³-hybridized carbons (Fsp3) is 0.389. The van der Waals surface area contributed by atoms with E-state index >= 15 is 0 Å². The maximum Gasteiger partial charge on any atom is 0.123 e. The predicted octanol–water partition coefficient (Wildman–Crippen LogP) is 2.69. The molecule has 3 rings (SSSR count). The monoisotopic (exact) mass is 296 g/mol. The molecule has 1 aromatic carbocycles. The third-order valence-electron chi connectivity index (χ3n) is 4.42. The molecule has 2 aromatic rings. The van der Waals surface area contributed by atoms with Gasteiger partial charge in [0.15, 0.2) is 0 Å². The molecule has 3 N–H and O–H groups in total. The minimum absolute atomic E-state index is 0.386. The van der Waals surface area contributed by atoms with Gasteiger partial charge in [-0.25, -0.2) is 4.98 Å². The van der Waals surface area contributed by atoms with Crippen LogP contribution in [0.25, 0.3) is 11.1 Å². The first-order chi connectivity index (χ1) is 10.8. The van der Waals surface area contributed by atoms with Crippen LogP contribution in [-0.4, -0.2) is 36.6 Å². The van der Waals surface area contributed by atoms with E-state index in [1.165, 1.54) is 37.1 Å². The topological polar surface area (TPSA) is 54.2 Å². The molecule has 1 aromatic heterocycles. The number of nitrogens with zero attached hydrogens (tertiary/aromatic N) is 2. The summed E-state index contributed by atoms with van der Waals surface area (Å²) in [7, 11) is 2.04. The minimum atomic E-state index is 0.386. The van der Waals surface area contributed by atoms with E-state index < -0.39 is 0 Å². The SMILES string of the molecule is CNC(CN1CCCC1)c1ccc(-c2ccc(N)nc2)cc1. The van der Waals surface area contributed by atoms with E-state index in [0.29, 0.717) is 11.9 Å². The molecule has 22 heavy (non-hydrogen) atoms. The summed E-state index contributed by atoms with van der Waals surface area (Å²) in [4.78, 5) is 6.70. The van der Waals surface area contributed by atoms with E-state index in [0.717, 1.165) is 12.1 Å². The van der Waals surface area contributed by atoms with Crippen LogP contribution in [0.15, 0.2) is 42.6 Å². The van der Waals surface area contributed by atoms with Crippen LogP contribution < -0.4 is 11.1 Å². The maximum absolute atomic E-state index is 5.64. The molecular weight excluding hydrogens is 272 g/mol. The van der Waals surface area contributed by atoms with E-state index in [9.17, 15) is 0 Å². The average molecular weight is 296 g/mol. The second-order valence-corrected chi connectivity index (χ2v) is 5.94. The van der Waals surface area contributed by atoms with E-state index in [1.54, 1.807) is 0 Å². The minimum Gasteiger partial charge on any atom is -0.384 e. The van der Waals surface area contributed by atoms with Gasteiger partial charge in [0.05, 0.1) is 0 Å². The van der Waals surface area contributed by atoms with Crippen LogP contribution in [0.3, 0.4) is 0 Å². The Morgan fingerprint density at radius 1 is 1.09 bits per heavy atom. The van der Waals surface area contributed by atoms with Crippen molar-refractivity contribution in [2.75, 3.05) is 32.4 Å². The van der Waals surface area contributed by atoms with Crippen LogP contribution in [0.4, 0.5) is 5.82 Å². The Balaban J connectivity index is 1.72. The van der Waals surface area contributed by atoms with Crippen molar-refractivity contribution in [2.45, 2.75) is 18.9 Å². The molecule has 1 aliphatic heterocycles. The molecule has 1 aliphatic rings. The van der Waals surface area contributed by atoms with E-state index in [4.69, 9.17) is 5.73 Å². The highest BCUT2D eigenvalue weighted by molar-refractivity contribution is 5.63. The molecule has 4 nitrogen and oxygen atoms in total. The van der Waals surface area contributed by atoms with Gasteiger partial charge in [0, 0.05) is 24.3 Å². The van der Waals surface area contributed by atoms with Gasteiger partial charge >= 0.3 is 0 Å². The van der Waals surface area contributed by atoms with Crippen LogP contribution >= 0.6 is 0 Å². The highest BCUT2D eigenvalue weighted by atomic mass is 15.2. The average Bonchev–Trinajstić information content (AvgIpc) is 3.07. The van der Waals surface area contributed by atoms with Gasteiger partial charge in [-0.15, -0.1) is 0 Å². The Morgan fingerprint density at radius 2 is 1.77 bits per heavy atom. The fourth-order valence-electron chi connectivity index (χ4n) is 3.07. The Morgan fingerprint density at radius 3 is 2.36 bits per heavy atom. The van der Waals surface area contributed by atoms with Gasteiger partial charge < -0.3 is 16.0 Å². The van der Waals surface area contributed by atoms with Crippen molar-refractivity contribution in [1.29, 1.82) is 0 Å². The smallest absolute Gasteiger partial charge is 0.123 e. The molecule has 0 bridgehead atoms. The Hall–Kier alpha value is -1.91. The fourth-order valence-corrected chi connectivity index (χ4v) is 3.07. The van der Waals surface area contributed by atoms with Crippen molar-refractivity contribution >= 4 is 5.82 Å². The van der Waals surface area contributed by atoms with Crippen molar-refractivity contribution in [3.05, 3.63) is 48.2 Å². The Labute approximate surface area is 132 Å². The van der Waals surface area contributed by atoms with Crippen molar-refractivity contribution in [2.24, 2.45) is 0 Å². The van der Waals surface area contributed by atoms with Gasteiger partial charge in [0.1, 0.15) is 5.82 Å². The van der Waals surface area contributed by atoms with E-state index in [1.807, 2.05) is 25.4 Å². The number of likely N-dealkylation sites (N-methyl/N-ethyl adjacent to an activating group) is 1. The lowest BCUT2D eigenvalue weighted by Crippen LogP contribution is -2.31. The number of pyridine rings is 1. The second-order valence-electron chi connectivity index (χ2n) is 5.94. The first-order valence-corrected chi connectivity index (χ1v) is 7.98. The number of nitrogen functional groups attached to an aromatic ring is 1. The third-order valence-corrected chi connectivity index (χ3v) is 4.42. The highest BCUT2D eigenvalue weighted by Gasteiger charge is 2.17. The normalized spacial score (nSPS) is 16.8. The molecule has 1 atom stereocenters. The number of hydrogen-bond donors (Lipinski definition) is 2. The number of rotatable bonds is 5. The van der Waals surface area contributed by atoms with Gasteiger partial charge in [-0.1, -0.05) is 24.3 Å². The van der Waals surface area contributed by atoms with Gasteiger partial charge in [-0.2, -0.15) is 0 Å². The number of aromatic nitrogens is 1. The first kappa shape index (κ1) is 15.0. The van der Waals surface area contributed by atoms with E-state index in [2.05, 4.69) is 39.5 Å². The predicted molar refractivity (Wildman–Crippen MR) is 91.6 cm³/mol. The third kappa shape index (κ3) is 3.46. The van der Waals surface area contributed by atoms with Gasteiger partial charge in [-0.3, -0.25) is 0 Å². The number of likely N-dealkylation sites (tertiary alicyclic amines) is 1. The standard InChI is InChI=1S/C18H24N4/c1-20-17(13-22-10-2-3-11-22)15-6-4-14(5-7-15)16-8-9-18(19)21-12-16/h4-9,12,17,20H,2-3,10-11,13H2,1H3,(H2,19,21). The first-order valence-electron chi connectivity index (χ1n) is 7.98. The number of benzene rings is 1. The van der Waals surface area contributed by atoms with Gasteiger partial charge in [-0.05, 0) is 56.2 Å². The quantitative estimate of drug-likeness (QED) is 0.891. The highest BCUT2D eigenvalue weighted by Crippen LogP contribution is 2.23. The number of nitrogens with one attached hydrogen (secondary N) is 1. The molecule has 0 amide bonds. The van der Waals surface area contributed by atoms with Crippen LogP contribution in [0.1, 0.15) is 24.4 Å². The molecule has 116 valence electrons. The van der Waals surface area contributed by atoms with Crippen molar-refractivity contribution in [1.82, 2.24) is 15.2 Å². The lowest BCUT2D eigenvalue weighted by Gasteiger charge is -2.23. The summed E-state index contributed by atoms with van der Waals surface area (Å²) in [6, 6.07) is 13.0. The van der Waals surface area contributed by atoms with Crippen molar-refractivity contribution in [3.8, 4) is 11.1 Å². The van der Waals surface area contributed by atoms with Crippen LogP contribution in [-0.2, 0) is 0 Å². The molecule has 0 radical (unpaired) electrons. The van der Waals surface area contributed by atoms with Crippen LogP contribution in [0, 0.1) is 0 Å². The Kier molecular flexibility index (Phi) is 4.71. The van der Waals surface area contributed by atoms with Gasteiger partial charge in [0.25, 0.3) is 0 Å². The summed E-state index contributed by atoms with van der Waals surface area (Å²) in [5.74, 6) is 0.557. The number of hydrogen-bond acceptors (Lipinski definition) is 4. The van der Waals surface area contributed by atoms with Crippen molar-refractivity contribution < 1.29 is 0 Å². The molecule has 4 heteroatoms. The van der Waals surface area contributed by atoms with E-state index in [-0.39, 0.29) is 0 Å². The summed E-state index contributed by atoms with van der Waals surface area (Å²) >= 11 is 0. The lowest BCUT2D eigenvalue weighted by molar-refractivity contribution is 0.299. The molecule has 0 aliphatic carbocycles. The molecule has 1 unspecified atom stereocenters. The number of anilines is 1. The molecule has 2 heterocycles. The zero-order chi connectivity index (χ0) is 15.4. The Bertz CT molecular complexity index is 585. The molecule has 1 fully saturated rings. The molecular formula is C18H24N4. The van der Waals surface area contributed by atoms with Crippen molar-refractivity contribution in [3.63, 3.8) is 0 Å². The molecule has 1 saturated heterocycles. The largest absolute Gasteiger partial charge is 0.384 e. The summed E-state index contributed by atoms with van der Waals surface area (Å²) < 4.78 is 0. The molecule has 0 saturated carbocycles. The maximum atomic E-state index is 5.64. The zero-order valence-corrected chi connectivity index (χ0v) is 13.1. The summed E-state index contributed by atoms with van der Waals surface area (Å²) in [6.45, 7) is 3.54. The molecule has 0 spiro atoms. The van der Waals surface area contributed by atoms with Crippen LogP contribution in [0.2, 0.25) is 0 Å². The zero-order valence-electron chi connectivity index (χ0n) is 13.1. The number of nitrogens with two attached hydrogens (primary N) is 1. The summed E-state index contributed by atoms with van der Waals surface area (Å²) in [5, 5.41) is 3.44. The van der Waals surface area contributed by atoms with Crippen LogP contribution in [0.5, 0.6) is 0 Å². The summed E-state index contributed by atoms with van der Waals surface area (Å²) in [6.07, 6.45) is 4.49. The lowest BCUT2D eigenvalue weighted by atomic mass is 10.0. The van der Waals surface area contributed by atoms with Gasteiger partial charge in [0.2, 0.25) is 0 Å². The second kappa shape index (κ2) is 6.90. The summed E-state index contributed by atoms with van der Waals surface area (Å²) in [5.41, 5.74) is 9.25.